The van der Waals surface area contributed by atoms with Crippen LogP contribution in [0.4, 0.5) is 5.13 Å². The molecule has 0 unspecified atom stereocenters. The molecule has 0 atom stereocenters. The Morgan fingerprint density at radius 2 is 1.81 bits per heavy atom. The largest absolute Gasteiger partial charge is 0.496 e. The van der Waals surface area contributed by atoms with E-state index in [1.807, 2.05) is 58.0 Å². The third kappa shape index (κ3) is 5.77. The first-order valence-electron chi connectivity index (χ1n) is 10.1. The lowest BCUT2D eigenvalue weighted by molar-refractivity contribution is -0.116. The molecule has 3 aromatic rings. The van der Waals surface area contributed by atoms with Gasteiger partial charge in [0.05, 0.1) is 19.4 Å². The molecule has 3 rings (SSSR count). The molecule has 0 aliphatic heterocycles. The van der Waals surface area contributed by atoms with E-state index in [4.69, 9.17) is 21.1 Å². The Morgan fingerprint density at radius 1 is 1.10 bits per heavy atom. The molecule has 1 N–H and O–H groups in total. The number of hydrogen-bond donors (Lipinski definition) is 1. The number of thiazole rings is 1. The van der Waals surface area contributed by atoms with Crippen LogP contribution in [0.3, 0.4) is 0 Å². The fourth-order valence-corrected chi connectivity index (χ4v) is 4.30. The summed E-state index contributed by atoms with van der Waals surface area (Å²) in [4.78, 5) is 18.0. The Balaban J connectivity index is 1.53. The minimum Gasteiger partial charge on any atom is -0.496 e. The van der Waals surface area contributed by atoms with Crippen molar-refractivity contribution in [1.29, 1.82) is 0 Å². The van der Waals surface area contributed by atoms with E-state index in [1.54, 1.807) is 7.11 Å². The van der Waals surface area contributed by atoms with E-state index in [2.05, 4.69) is 10.3 Å². The van der Waals surface area contributed by atoms with Gasteiger partial charge in [0.2, 0.25) is 5.91 Å². The number of nitrogens with one attached hydrogen (secondary N) is 1. The normalized spacial score (nSPS) is 10.8. The van der Waals surface area contributed by atoms with E-state index in [1.165, 1.54) is 11.3 Å². The SMILES string of the molecule is COc1ccc(-c2nc(NC(=O)CCCOc3cc(C)c(Cl)c(C)c3)sc2C)cc1C. The number of rotatable bonds is 8. The highest BCUT2D eigenvalue weighted by Crippen LogP contribution is 2.33. The van der Waals surface area contributed by atoms with Crippen molar-refractivity contribution in [3.05, 3.63) is 56.9 Å². The van der Waals surface area contributed by atoms with E-state index >= 15 is 0 Å². The molecule has 2 aromatic carbocycles. The van der Waals surface area contributed by atoms with E-state index in [-0.39, 0.29) is 5.91 Å². The summed E-state index contributed by atoms with van der Waals surface area (Å²) in [6, 6.07) is 9.79. The second-order valence-electron chi connectivity index (χ2n) is 7.48. The first-order chi connectivity index (χ1) is 14.8. The van der Waals surface area contributed by atoms with Crippen LogP contribution in [0.1, 0.15) is 34.4 Å². The van der Waals surface area contributed by atoms with Crippen molar-refractivity contribution in [3.8, 4) is 22.8 Å². The van der Waals surface area contributed by atoms with Crippen LogP contribution in [-0.2, 0) is 4.79 Å². The third-order valence-corrected chi connectivity index (χ3v) is 6.42. The number of carbonyl (C=O) groups excluding carboxylic acids is 1. The number of hydrogen-bond acceptors (Lipinski definition) is 5. The van der Waals surface area contributed by atoms with Crippen molar-refractivity contribution in [3.63, 3.8) is 0 Å². The van der Waals surface area contributed by atoms with Gasteiger partial charge in [0, 0.05) is 21.9 Å². The number of ether oxygens (including phenoxy) is 2. The fraction of sp³-hybridized carbons (Fsp3) is 0.333. The zero-order valence-electron chi connectivity index (χ0n) is 18.5. The van der Waals surface area contributed by atoms with Crippen molar-refractivity contribution in [2.24, 2.45) is 0 Å². The van der Waals surface area contributed by atoms with Gasteiger partial charge in [-0.3, -0.25) is 4.79 Å². The Bertz CT molecular complexity index is 1070. The van der Waals surface area contributed by atoms with Crippen LogP contribution < -0.4 is 14.8 Å². The molecule has 5 nitrogen and oxygen atoms in total. The minimum atomic E-state index is -0.0710. The number of halogens is 1. The van der Waals surface area contributed by atoms with Crippen molar-refractivity contribution in [2.45, 2.75) is 40.5 Å². The predicted octanol–water partition coefficient (Wildman–Crippen LogP) is 6.50. The Hall–Kier alpha value is -2.57. The van der Waals surface area contributed by atoms with Gasteiger partial charge in [0.25, 0.3) is 0 Å². The molecule has 0 aliphatic rings. The molecule has 1 amide bonds. The van der Waals surface area contributed by atoms with E-state index in [0.717, 1.165) is 49.3 Å². The molecule has 7 heteroatoms. The number of carbonyl (C=O) groups is 1. The Labute approximate surface area is 192 Å². The highest BCUT2D eigenvalue weighted by atomic mass is 35.5. The molecule has 1 aromatic heterocycles. The third-order valence-electron chi connectivity index (χ3n) is 4.94. The lowest BCUT2D eigenvalue weighted by atomic mass is 10.1. The summed E-state index contributed by atoms with van der Waals surface area (Å²) in [5.41, 5.74) is 4.90. The second kappa shape index (κ2) is 10.2. The summed E-state index contributed by atoms with van der Waals surface area (Å²) in [5, 5.41) is 4.27. The highest BCUT2D eigenvalue weighted by molar-refractivity contribution is 7.16. The number of nitrogens with zero attached hydrogens (tertiary/aromatic N) is 1. The molecular formula is C24H27ClN2O3S. The first-order valence-corrected chi connectivity index (χ1v) is 11.3. The number of aromatic nitrogens is 1. The standard InChI is InChI=1S/C24H27ClN2O3S/c1-14-11-18(8-9-20(14)29-5)23-17(4)31-24(27-23)26-21(28)7-6-10-30-19-12-15(2)22(25)16(3)13-19/h8-9,11-13H,6-7,10H2,1-5H3,(H,26,27,28). The van der Waals surface area contributed by atoms with Crippen LogP contribution >= 0.6 is 22.9 Å². The average molecular weight is 459 g/mol. The maximum absolute atomic E-state index is 12.3. The summed E-state index contributed by atoms with van der Waals surface area (Å²) >= 11 is 7.66. The number of aryl methyl sites for hydroxylation is 4. The zero-order valence-corrected chi connectivity index (χ0v) is 20.0. The van der Waals surface area contributed by atoms with Gasteiger partial charge in [-0.25, -0.2) is 4.98 Å². The fourth-order valence-electron chi connectivity index (χ4n) is 3.34. The summed E-state index contributed by atoms with van der Waals surface area (Å²) < 4.78 is 11.1. The number of benzene rings is 2. The molecule has 0 bridgehead atoms. The lowest BCUT2D eigenvalue weighted by Crippen LogP contribution is -2.12. The van der Waals surface area contributed by atoms with Crippen molar-refractivity contribution < 1.29 is 14.3 Å². The Kier molecular flexibility index (Phi) is 7.57. The number of amides is 1. The van der Waals surface area contributed by atoms with Crippen LogP contribution in [0.25, 0.3) is 11.3 Å². The molecule has 0 saturated heterocycles. The van der Waals surface area contributed by atoms with Gasteiger partial charge in [0.15, 0.2) is 5.13 Å². The molecule has 0 radical (unpaired) electrons. The van der Waals surface area contributed by atoms with Crippen LogP contribution in [0, 0.1) is 27.7 Å². The maximum Gasteiger partial charge on any atom is 0.226 e. The summed E-state index contributed by atoms with van der Waals surface area (Å²) in [7, 11) is 1.66. The quantitative estimate of drug-likeness (QED) is 0.391. The molecule has 0 saturated carbocycles. The van der Waals surface area contributed by atoms with Gasteiger partial charge >= 0.3 is 0 Å². The molecule has 0 aliphatic carbocycles. The predicted molar refractivity (Wildman–Crippen MR) is 128 cm³/mol. The van der Waals surface area contributed by atoms with Gasteiger partial charge in [-0.1, -0.05) is 11.6 Å². The van der Waals surface area contributed by atoms with Crippen molar-refractivity contribution >= 4 is 34.0 Å². The van der Waals surface area contributed by atoms with Gasteiger partial charge in [-0.15, -0.1) is 11.3 Å². The van der Waals surface area contributed by atoms with E-state index < -0.39 is 0 Å². The summed E-state index contributed by atoms with van der Waals surface area (Å²) in [6.07, 6.45) is 0.975. The smallest absolute Gasteiger partial charge is 0.226 e. The zero-order chi connectivity index (χ0) is 22.5. The molecule has 0 fully saturated rings. The van der Waals surface area contributed by atoms with E-state index in [0.29, 0.717) is 24.6 Å². The molecule has 164 valence electrons. The van der Waals surface area contributed by atoms with Crippen LogP contribution in [-0.4, -0.2) is 24.6 Å². The van der Waals surface area contributed by atoms with Gasteiger partial charge in [-0.2, -0.15) is 0 Å². The van der Waals surface area contributed by atoms with E-state index in [9.17, 15) is 4.79 Å². The van der Waals surface area contributed by atoms with Gasteiger partial charge in [0.1, 0.15) is 11.5 Å². The molecule has 31 heavy (non-hydrogen) atoms. The van der Waals surface area contributed by atoms with Crippen molar-refractivity contribution in [1.82, 2.24) is 4.98 Å². The minimum absolute atomic E-state index is 0.0710. The van der Waals surface area contributed by atoms with Gasteiger partial charge in [-0.05, 0) is 81.1 Å². The highest BCUT2D eigenvalue weighted by Gasteiger charge is 2.13. The molecule has 0 spiro atoms. The van der Waals surface area contributed by atoms with Crippen LogP contribution in [0.15, 0.2) is 30.3 Å². The van der Waals surface area contributed by atoms with Crippen LogP contribution in [0.5, 0.6) is 11.5 Å². The average Bonchev–Trinajstić information content (AvgIpc) is 3.09. The topological polar surface area (TPSA) is 60.5 Å². The summed E-state index contributed by atoms with van der Waals surface area (Å²) in [5.74, 6) is 1.55. The maximum atomic E-state index is 12.3. The lowest BCUT2D eigenvalue weighted by Gasteiger charge is -2.10. The molecule has 1 heterocycles. The van der Waals surface area contributed by atoms with Gasteiger partial charge < -0.3 is 14.8 Å². The second-order valence-corrected chi connectivity index (χ2v) is 9.06. The Morgan fingerprint density at radius 3 is 2.45 bits per heavy atom. The number of anilines is 1. The summed E-state index contributed by atoms with van der Waals surface area (Å²) in [6.45, 7) is 8.37. The molecular weight excluding hydrogens is 432 g/mol. The van der Waals surface area contributed by atoms with Crippen LogP contribution in [0.2, 0.25) is 5.02 Å². The van der Waals surface area contributed by atoms with Crippen molar-refractivity contribution in [2.75, 3.05) is 19.0 Å². The number of methoxy groups -OCH3 is 1. The first kappa shape index (κ1) is 23.1. The monoisotopic (exact) mass is 458 g/mol.